The maximum absolute atomic E-state index is 5.77. The van der Waals surface area contributed by atoms with Crippen LogP contribution in [0.25, 0.3) is 0 Å². The van der Waals surface area contributed by atoms with Crippen LogP contribution >= 0.6 is 24.0 Å². The number of oxazole rings is 1. The van der Waals surface area contributed by atoms with E-state index in [2.05, 4.69) is 55.2 Å². The standard InChI is InChI=1S/C18H34N4O2.HI/c1-8-23-14(13(2)3)9-10-20-17(19-7)22-12-16-21-11-15(24-16)18(4,5)6;/h11,13-14H,8-10,12H2,1-7H3,(H2,19,20,22);1H. The fraction of sp³-hybridized carbons (Fsp3) is 0.778. The van der Waals surface area contributed by atoms with Crippen LogP contribution in [-0.2, 0) is 16.7 Å². The third kappa shape index (κ3) is 8.89. The van der Waals surface area contributed by atoms with Crippen LogP contribution in [0, 0.1) is 5.92 Å². The highest BCUT2D eigenvalue weighted by molar-refractivity contribution is 14.0. The Morgan fingerprint density at radius 2 is 2.00 bits per heavy atom. The number of hydrogen-bond donors (Lipinski definition) is 2. The van der Waals surface area contributed by atoms with Crippen molar-refractivity contribution in [2.75, 3.05) is 20.2 Å². The van der Waals surface area contributed by atoms with E-state index in [1.165, 1.54) is 0 Å². The summed E-state index contributed by atoms with van der Waals surface area (Å²) in [6.07, 6.45) is 3.00. The van der Waals surface area contributed by atoms with Crippen molar-refractivity contribution in [2.24, 2.45) is 10.9 Å². The van der Waals surface area contributed by atoms with Gasteiger partial charge in [-0.1, -0.05) is 34.6 Å². The molecule has 25 heavy (non-hydrogen) atoms. The fourth-order valence-electron chi connectivity index (χ4n) is 2.27. The lowest BCUT2D eigenvalue weighted by Gasteiger charge is -2.21. The molecule has 1 unspecified atom stereocenters. The Hall–Kier alpha value is -0.830. The molecule has 146 valence electrons. The monoisotopic (exact) mass is 466 g/mol. The molecule has 0 bridgehead atoms. The molecule has 0 spiro atoms. The summed E-state index contributed by atoms with van der Waals surface area (Å²) in [5.41, 5.74) is -0.0314. The van der Waals surface area contributed by atoms with Crippen LogP contribution in [0.5, 0.6) is 0 Å². The van der Waals surface area contributed by atoms with Crippen LogP contribution in [0.1, 0.15) is 59.6 Å². The Bertz CT molecular complexity index is 509. The minimum Gasteiger partial charge on any atom is -0.443 e. The quantitative estimate of drug-likeness (QED) is 0.347. The van der Waals surface area contributed by atoms with E-state index in [4.69, 9.17) is 9.15 Å². The Balaban J connectivity index is 0.00000576. The average molecular weight is 466 g/mol. The molecular weight excluding hydrogens is 431 g/mol. The molecule has 0 aromatic carbocycles. The largest absolute Gasteiger partial charge is 0.443 e. The van der Waals surface area contributed by atoms with Crippen molar-refractivity contribution in [1.82, 2.24) is 15.6 Å². The second-order valence-electron chi connectivity index (χ2n) is 7.25. The molecule has 0 saturated carbocycles. The van der Waals surface area contributed by atoms with Crippen LogP contribution in [0.4, 0.5) is 0 Å². The van der Waals surface area contributed by atoms with Crippen molar-refractivity contribution in [1.29, 1.82) is 0 Å². The number of hydrogen-bond acceptors (Lipinski definition) is 4. The number of aromatic nitrogens is 1. The first-order valence-corrected chi connectivity index (χ1v) is 8.79. The first-order valence-electron chi connectivity index (χ1n) is 8.79. The van der Waals surface area contributed by atoms with Gasteiger partial charge in [0.15, 0.2) is 5.96 Å². The van der Waals surface area contributed by atoms with Gasteiger partial charge < -0.3 is 19.8 Å². The molecule has 0 aliphatic rings. The van der Waals surface area contributed by atoms with Gasteiger partial charge >= 0.3 is 0 Å². The number of aliphatic imine (C=N–C) groups is 1. The van der Waals surface area contributed by atoms with E-state index in [1.54, 1.807) is 13.2 Å². The minimum absolute atomic E-state index is 0. The molecule has 1 atom stereocenters. The molecule has 1 aromatic rings. The number of nitrogens with one attached hydrogen (secondary N) is 2. The molecule has 0 aliphatic carbocycles. The molecule has 0 radical (unpaired) electrons. The lowest BCUT2D eigenvalue weighted by Crippen LogP contribution is -2.39. The summed E-state index contributed by atoms with van der Waals surface area (Å²) < 4.78 is 11.5. The molecule has 1 rings (SSSR count). The van der Waals surface area contributed by atoms with E-state index in [-0.39, 0.29) is 35.5 Å². The summed E-state index contributed by atoms with van der Waals surface area (Å²) in [7, 11) is 1.76. The zero-order valence-electron chi connectivity index (χ0n) is 16.7. The minimum atomic E-state index is -0.0314. The highest BCUT2D eigenvalue weighted by Gasteiger charge is 2.19. The number of halogens is 1. The summed E-state index contributed by atoms with van der Waals surface area (Å²) in [4.78, 5) is 8.54. The van der Waals surface area contributed by atoms with E-state index in [9.17, 15) is 0 Å². The van der Waals surface area contributed by atoms with Gasteiger partial charge in [0.05, 0.1) is 18.8 Å². The van der Waals surface area contributed by atoms with Crippen molar-refractivity contribution in [3.05, 3.63) is 17.8 Å². The average Bonchev–Trinajstić information content (AvgIpc) is 2.98. The lowest BCUT2D eigenvalue weighted by molar-refractivity contribution is 0.0258. The molecule has 0 fully saturated rings. The SMILES string of the molecule is CCOC(CCNC(=NC)NCc1ncc(C(C)(C)C)o1)C(C)C.I. The van der Waals surface area contributed by atoms with Gasteiger partial charge in [0.2, 0.25) is 5.89 Å². The van der Waals surface area contributed by atoms with Crippen molar-refractivity contribution < 1.29 is 9.15 Å². The third-order valence-electron chi connectivity index (χ3n) is 3.77. The molecule has 0 amide bonds. The number of guanidine groups is 1. The summed E-state index contributed by atoms with van der Waals surface area (Å²) in [6.45, 7) is 14.8. The Morgan fingerprint density at radius 1 is 1.32 bits per heavy atom. The Labute approximate surface area is 169 Å². The van der Waals surface area contributed by atoms with Gasteiger partial charge in [0, 0.05) is 25.6 Å². The van der Waals surface area contributed by atoms with Gasteiger partial charge in [0.25, 0.3) is 0 Å². The molecule has 1 heterocycles. The second-order valence-corrected chi connectivity index (χ2v) is 7.25. The molecule has 6 nitrogen and oxygen atoms in total. The molecule has 0 saturated heterocycles. The van der Waals surface area contributed by atoms with Gasteiger partial charge in [-0.3, -0.25) is 4.99 Å². The molecule has 1 aromatic heterocycles. The van der Waals surface area contributed by atoms with Crippen LogP contribution in [0.2, 0.25) is 0 Å². The van der Waals surface area contributed by atoms with Gasteiger partial charge in [-0.25, -0.2) is 4.98 Å². The van der Waals surface area contributed by atoms with Gasteiger partial charge in [0.1, 0.15) is 5.76 Å². The van der Waals surface area contributed by atoms with E-state index in [0.717, 1.165) is 31.3 Å². The van der Waals surface area contributed by atoms with Crippen molar-refractivity contribution >= 4 is 29.9 Å². The molecular formula is C18H35IN4O2. The summed E-state index contributed by atoms with van der Waals surface area (Å²) >= 11 is 0. The third-order valence-corrected chi connectivity index (χ3v) is 3.77. The number of nitrogens with zero attached hydrogens (tertiary/aromatic N) is 2. The maximum atomic E-state index is 5.77. The van der Waals surface area contributed by atoms with Crippen molar-refractivity contribution in [3.63, 3.8) is 0 Å². The molecule has 7 heteroatoms. The predicted octanol–water partition coefficient (Wildman–Crippen LogP) is 3.71. The Morgan fingerprint density at radius 3 is 2.48 bits per heavy atom. The van der Waals surface area contributed by atoms with E-state index in [0.29, 0.717) is 18.4 Å². The van der Waals surface area contributed by atoms with Gasteiger partial charge in [-0.2, -0.15) is 0 Å². The maximum Gasteiger partial charge on any atom is 0.213 e. The smallest absolute Gasteiger partial charge is 0.213 e. The first-order chi connectivity index (χ1) is 11.3. The van der Waals surface area contributed by atoms with Crippen LogP contribution in [-0.4, -0.2) is 37.2 Å². The normalized spacial score (nSPS) is 13.5. The van der Waals surface area contributed by atoms with Crippen molar-refractivity contribution in [2.45, 2.75) is 66.0 Å². The van der Waals surface area contributed by atoms with Crippen LogP contribution in [0.3, 0.4) is 0 Å². The highest BCUT2D eigenvalue weighted by atomic mass is 127. The predicted molar refractivity (Wildman–Crippen MR) is 114 cm³/mol. The van der Waals surface area contributed by atoms with Crippen LogP contribution in [0.15, 0.2) is 15.6 Å². The topological polar surface area (TPSA) is 71.7 Å². The summed E-state index contributed by atoms with van der Waals surface area (Å²) in [5.74, 6) is 2.80. The van der Waals surface area contributed by atoms with Crippen molar-refractivity contribution in [3.8, 4) is 0 Å². The first kappa shape index (κ1) is 24.2. The highest BCUT2D eigenvalue weighted by Crippen LogP contribution is 2.22. The van der Waals surface area contributed by atoms with Crippen LogP contribution < -0.4 is 10.6 Å². The zero-order chi connectivity index (χ0) is 18.2. The number of rotatable bonds is 8. The fourth-order valence-corrected chi connectivity index (χ4v) is 2.27. The Kier molecular flexibility index (Phi) is 11.3. The number of ether oxygens (including phenoxy) is 1. The van der Waals surface area contributed by atoms with Gasteiger partial charge in [-0.15, -0.1) is 24.0 Å². The summed E-state index contributed by atoms with van der Waals surface area (Å²) in [6, 6.07) is 0. The molecule has 0 aliphatic heterocycles. The van der Waals surface area contributed by atoms with E-state index in [1.807, 2.05) is 6.92 Å². The second kappa shape index (κ2) is 11.7. The summed E-state index contributed by atoms with van der Waals surface area (Å²) in [5, 5.41) is 6.54. The van der Waals surface area contributed by atoms with Gasteiger partial charge in [-0.05, 0) is 19.3 Å². The molecule has 2 N–H and O–H groups in total. The van der Waals surface area contributed by atoms with E-state index >= 15 is 0 Å². The van der Waals surface area contributed by atoms with E-state index < -0.39 is 0 Å². The lowest BCUT2D eigenvalue weighted by atomic mass is 9.94. The zero-order valence-corrected chi connectivity index (χ0v) is 19.0.